The van der Waals surface area contributed by atoms with Gasteiger partial charge in [-0.25, -0.2) is 0 Å². The third-order valence-electron chi connectivity index (χ3n) is 2.51. The number of aryl methyl sites for hydroxylation is 1. The number of hydrogen-bond donors (Lipinski definition) is 1. The molecule has 0 saturated heterocycles. The molecule has 1 heterocycles. The van der Waals surface area contributed by atoms with Crippen molar-refractivity contribution in [3.63, 3.8) is 0 Å². The fraction of sp³-hybridized carbons (Fsp3) is 0.500. The molecular weight excluding hydrogens is 262 g/mol. The fourth-order valence-electron chi connectivity index (χ4n) is 1.33. The van der Waals surface area contributed by atoms with E-state index in [1.54, 1.807) is 0 Å². The van der Waals surface area contributed by atoms with Crippen LogP contribution in [0.5, 0.6) is 0 Å². The summed E-state index contributed by atoms with van der Waals surface area (Å²) in [5, 5.41) is 3.01. The van der Waals surface area contributed by atoms with E-state index in [2.05, 4.69) is 28.2 Å². The lowest BCUT2D eigenvalue weighted by Gasteiger charge is -1.99. The van der Waals surface area contributed by atoms with Gasteiger partial charge in [0.05, 0.1) is 8.66 Å². The second-order valence-corrected chi connectivity index (χ2v) is 6.23. The summed E-state index contributed by atoms with van der Waals surface area (Å²) in [6.45, 7) is 4.15. The van der Waals surface area contributed by atoms with Gasteiger partial charge in [0.2, 0.25) is 0 Å². The van der Waals surface area contributed by atoms with Crippen molar-refractivity contribution in [2.24, 2.45) is 5.92 Å². The van der Waals surface area contributed by atoms with Crippen LogP contribution in [-0.2, 0) is 0 Å². The van der Waals surface area contributed by atoms with Gasteiger partial charge in [-0.05, 0) is 46.8 Å². The Bertz CT molecular complexity index is 355. The molecule has 1 aromatic rings. The van der Waals surface area contributed by atoms with Gasteiger partial charge in [0, 0.05) is 6.04 Å². The average molecular weight is 274 g/mol. The van der Waals surface area contributed by atoms with Crippen LogP contribution in [0.2, 0.25) is 0 Å². The van der Waals surface area contributed by atoms with Gasteiger partial charge in [-0.3, -0.25) is 4.79 Å². The van der Waals surface area contributed by atoms with Crippen LogP contribution >= 0.6 is 27.3 Å². The van der Waals surface area contributed by atoms with Gasteiger partial charge in [-0.15, -0.1) is 11.3 Å². The van der Waals surface area contributed by atoms with Crippen LogP contribution in [0.3, 0.4) is 0 Å². The van der Waals surface area contributed by atoms with E-state index in [9.17, 15) is 4.79 Å². The van der Waals surface area contributed by atoms with Crippen molar-refractivity contribution in [3.05, 3.63) is 20.3 Å². The molecule has 1 N–H and O–H groups in total. The summed E-state index contributed by atoms with van der Waals surface area (Å²) in [6.07, 6.45) is 1.12. The fourth-order valence-corrected chi connectivity index (χ4v) is 2.77. The van der Waals surface area contributed by atoms with Crippen LogP contribution in [0.1, 0.15) is 28.6 Å². The molecule has 1 aliphatic rings. The summed E-state index contributed by atoms with van der Waals surface area (Å²) in [5.41, 5.74) is 1.13. The zero-order valence-corrected chi connectivity index (χ0v) is 10.5. The number of thiophene rings is 1. The SMILES string of the molecule is Cc1cc(C(=O)NC2CC2C)sc1Br. The highest BCUT2D eigenvalue weighted by molar-refractivity contribution is 9.11. The number of hydrogen-bond acceptors (Lipinski definition) is 2. The van der Waals surface area contributed by atoms with Crippen molar-refractivity contribution in [1.82, 2.24) is 5.32 Å². The molecule has 1 aromatic heterocycles. The Balaban J connectivity index is 2.04. The molecule has 1 amide bonds. The molecule has 2 atom stereocenters. The van der Waals surface area contributed by atoms with Gasteiger partial charge in [-0.1, -0.05) is 6.92 Å². The Kier molecular flexibility index (Phi) is 2.66. The first kappa shape index (κ1) is 10.2. The van der Waals surface area contributed by atoms with Crippen molar-refractivity contribution in [2.75, 3.05) is 0 Å². The van der Waals surface area contributed by atoms with Gasteiger partial charge in [0.25, 0.3) is 5.91 Å². The van der Waals surface area contributed by atoms with E-state index in [0.717, 1.165) is 20.6 Å². The lowest BCUT2D eigenvalue weighted by atomic mass is 10.3. The van der Waals surface area contributed by atoms with Crippen molar-refractivity contribution >= 4 is 33.2 Å². The summed E-state index contributed by atoms with van der Waals surface area (Å²) >= 11 is 4.91. The minimum Gasteiger partial charge on any atom is -0.348 e. The van der Waals surface area contributed by atoms with Crippen molar-refractivity contribution in [1.29, 1.82) is 0 Å². The van der Waals surface area contributed by atoms with E-state index >= 15 is 0 Å². The molecular formula is C10H12BrNOS. The smallest absolute Gasteiger partial charge is 0.261 e. The zero-order chi connectivity index (χ0) is 10.3. The van der Waals surface area contributed by atoms with Crippen LogP contribution in [0.15, 0.2) is 9.85 Å². The second-order valence-electron chi connectivity index (χ2n) is 3.86. The van der Waals surface area contributed by atoms with Gasteiger partial charge in [-0.2, -0.15) is 0 Å². The molecule has 1 aliphatic carbocycles. The third kappa shape index (κ3) is 2.01. The van der Waals surface area contributed by atoms with Crippen molar-refractivity contribution in [3.8, 4) is 0 Å². The third-order valence-corrected chi connectivity index (χ3v) is 4.64. The lowest BCUT2D eigenvalue weighted by Crippen LogP contribution is -2.25. The van der Waals surface area contributed by atoms with E-state index in [4.69, 9.17) is 0 Å². The first-order valence-corrected chi connectivity index (χ1v) is 6.25. The standard InChI is InChI=1S/C10H12BrNOS/c1-5-3-7(5)12-10(13)8-4-6(2)9(11)14-8/h4-5,7H,3H2,1-2H3,(H,12,13). The molecule has 1 saturated carbocycles. The molecule has 14 heavy (non-hydrogen) atoms. The largest absolute Gasteiger partial charge is 0.348 e. The van der Waals surface area contributed by atoms with Crippen LogP contribution in [0.25, 0.3) is 0 Å². The van der Waals surface area contributed by atoms with Gasteiger partial charge < -0.3 is 5.32 Å². The van der Waals surface area contributed by atoms with E-state index in [1.165, 1.54) is 11.3 Å². The zero-order valence-electron chi connectivity index (χ0n) is 8.13. The Hall–Kier alpha value is -0.350. The summed E-state index contributed by atoms with van der Waals surface area (Å²) in [6, 6.07) is 2.33. The number of halogens is 1. The maximum absolute atomic E-state index is 11.7. The Morgan fingerprint density at radius 2 is 2.36 bits per heavy atom. The van der Waals surface area contributed by atoms with E-state index in [1.807, 2.05) is 13.0 Å². The molecule has 2 unspecified atom stereocenters. The predicted octanol–water partition coefficient (Wildman–Crippen LogP) is 2.96. The maximum Gasteiger partial charge on any atom is 0.261 e. The molecule has 76 valence electrons. The predicted molar refractivity (Wildman–Crippen MR) is 61.8 cm³/mol. The first-order chi connectivity index (χ1) is 6.58. The van der Waals surface area contributed by atoms with Crippen LogP contribution in [-0.4, -0.2) is 11.9 Å². The van der Waals surface area contributed by atoms with E-state index < -0.39 is 0 Å². The minimum atomic E-state index is 0.0677. The first-order valence-electron chi connectivity index (χ1n) is 4.64. The highest BCUT2D eigenvalue weighted by atomic mass is 79.9. The topological polar surface area (TPSA) is 29.1 Å². The maximum atomic E-state index is 11.7. The highest BCUT2D eigenvalue weighted by Gasteiger charge is 2.34. The monoisotopic (exact) mass is 273 g/mol. The molecule has 4 heteroatoms. The normalized spacial score (nSPS) is 24.8. The molecule has 0 radical (unpaired) electrons. The number of carbonyl (C=O) groups is 1. The van der Waals surface area contributed by atoms with Crippen molar-refractivity contribution in [2.45, 2.75) is 26.3 Å². The Morgan fingerprint density at radius 3 is 2.79 bits per heavy atom. The average Bonchev–Trinajstić information content (AvgIpc) is 2.68. The molecule has 0 spiro atoms. The molecule has 0 aliphatic heterocycles. The molecule has 2 rings (SSSR count). The van der Waals surface area contributed by atoms with Gasteiger partial charge in [0.1, 0.15) is 0 Å². The van der Waals surface area contributed by atoms with E-state index in [-0.39, 0.29) is 5.91 Å². The van der Waals surface area contributed by atoms with Crippen LogP contribution in [0, 0.1) is 12.8 Å². The number of carbonyl (C=O) groups excluding carboxylic acids is 1. The Morgan fingerprint density at radius 1 is 1.71 bits per heavy atom. The number of amides is 1. The number of rotatable bonds is 2. The van der Waals surface area contributed by atoms with Crippen LogP contribution in [0.4, 0.5) is 0 Å². The summed E-state index contributed by atoms with van der Waals surface area (Å²) in [7, 11) is 0. The highest BCUT2D eigenvalue weighted by Crippen LogP contribution is 2.31. The Labute approximate surface area is 95.8 Å². The molecule has 0 bridgehead atoms. The quantitative estimate of drug-likeness (QED) is 0.882. The minimum absolute atomic E-state index is 0.0677. The van der Waals surface area contributed by atoms with Gasteiger partial charge in [0.15, 0.2) is 0 Å². The summed E-state index contributed by atoms with van der Waals surface area (Å²) < 4.78 is 1.05. The second kappa shape index (κ2) is 3.66. The molecule has 0 aromatic carbocycles. The summed E-state index contributed by atoms with van der Waals surface area (Å²) in [5.74, 6) is 0.724. The van der Waals surface area contributed by atoms with E-state index in [0.29, 0.717) is 12.0 Å². The van der Waals surface area contributed by atoms with Crippen molar-refractivity contribution < 1.29 is 4.79 Å². The molecule has 2 nitrogen and oxygen atoms in total. The summed E-state index contributed by atoms with van der Waals surface area (Å²) in [4.78, 5) is 12.5. The van der Waals surface area contributed by atoms with Gasteiger partial charge >= 0.3 is 0 Å². The molecule has 1 fully saturated rings. The van der Waals surface area contributed by atoms with Crippen LogP contribution < -0.4 is 5.32 Å². The lowest BCUT2D eigenvalue weighted by molar-refractivity contribution is 0.0953. The number of nitrogens with one attached hydrogen (secondary N) is 1.